The zero-order valence-corrected chi connectivity index (χ0v) is 10.7. The minimum atomic E-state index is -0.857. The molecule has 1 atom stereocenters. The molecule has 0 heterocycles. The average molecular weight is 223 g/mol. The Bertz CT molecular complexity index is 276. The van der Waals surface area contributed by atoms with Crippen LogP contribution in [0.4, 0.5) is 0 Å². The van der Waals surface area contributed by atoms with Crippen LogP contribution in [0.1, 0.15) is 33.6 Å². The van der Waals surface area contributed by atoms with Gasteiger partial charge in [0.05, 0.1) is 0 Å². The fourth-order valence-corrected chi connectivity index (χ4v) is 1.60. The van der Waals surface area contributed by atoms with Gasteiger partial charge in [-0.2, -0.15) is 0 Å². The van der Waals surface area contributed by atoms with E-state index in [9.17, 15) is 9.82 Å². The van der Waals surface area contributed by atoms with E-state index in [-0.39, 0.29) is 11.8 Å². The Morgan fingerprint density at radius 2 is 2.19 bits per heavy atom. The van der Waals surface area contributed by atoms with Gasteiger partial charge in [0.15, 0.2) is 0 Å². The van der Waals surface area contributed by atoms with Gasteiger partial charge in [-0.15, -0.1) is 0 Å². The standard InChI is InChI=1S/C12H22BNO2/c1-6-8-10(3)12(15)14(5)13(16)11(4)9-7-2/h7,9-10,16H,2,6,8H2,1,3-5H3/b11-9+. The highest BCUT2D eigenvalue weighted by molar-refractivity contribution is 6.58. The Kier molecular flexibility index (Phi) is 6.82. The first-order valence-electron chi connectivity index (χ1n) is 5.69. The van der Waals surface area contributed by atoms with Crippen molar-refractivity contribution >= 4 is 13.0 Å². The molecule has 0 saturated heterocycles. The second-order valence-corrected chi connectivity index (χ2v) is 4.16. The highest BCUT2D eigenvalue weighted by Crippen LogP contribution is 2.11. The summed E-state index contributed by atoms with van der Waals surface area (Å²) in [5.41, 5.74) is 0.717. The van der Waals surface area contributed by atoms with Gasteiger partial charge in [-0.05, 0) is 20.4 Å². The van der Waals surface area contributed by atoms with Crippen molar-refractivity contribution in [1.82, 2.24) is 4.81 Å². The van der Waals surface area contributed by atoms with Gasteiger partial charge in [-0.25, -0.2) is 0 Å². The Balaban J connectivity index is 4.54. The van der Waals surface area contributed by atoms with E-state index in [4.69, 9.17) is 0 Å². The Morgan fingerprint density at radius 3 is 2.62 bits per heavy atom. The Morgan fingerprint density at radius 1 is 1.62 bits per heavy atom. The first kappa shape index (κ1) is 15.0. The molecule has 0 bridgehead atoms. The summed E-state index contributed by atoms with van der Waals surface area (Å²) in [6, 6.07) is 0. The smallest absolute Gasteiger partial charge is 0.429 e. The van der Waals surface area contributed by atoms with E-state index in [1.54, 1.807) is 26.1 Å². The first-order valence-corrected chi connectivity index (χ1v) is 5.69. The molecule has 0 fully saturated rings. The number of rotatable bonds is 6. The minimum Gasteiger partial charge on any atom is -0.429 e. The van der Waals surface area contributed by atoms with E-state index >= 15 is 0 Å². The number of hydrogen-bond acceptors (Lipinski definition) is 2. The van der Waals surface area contributed by atoms with Crippen LogP contribution in [-0.4, -0.2) is 29.8 Å². The van der Waals surface area contributed by atoms with Crippen LogP contribution >= 0.6 is 0 Å². The molecule has 1 N–H and O–H groups in total. The number of nitrogens with zero attached hydrogens (tertiary/aromatic N) is 1. The van der Waals surface area contributed by atoms with Gasteiger partial charge in [-0.3, -0.25) is 4.79 Å². The zero-order chi connectivity index (χ0) is 12.7. The van der Waals surface area contributed by atoms with Crippen LogP contribution in [0, 0.1) is 5.92 Å². The zero-order valence-electron chi connectivity index (χ0n) is 10.7. The summed E-state index contributed by atoms with van der Waals surface area (Å²) in [6.45, 7) is 9.27. The molecule has 16 heavy (non-hydrogen) atoms. The van der Waals surface area contributed by atoms with Crippen LogP contribution in [0.3, 0.4) is 0 Å². The predicted octanol–water partition coefficient (Wildman–Crippen LogP) is 2.03. The van der Waals surface area contributed by atoms with Crippen molar-refractivity contribution in [1.29, 1.82) is 0 Å². The molecule has 0 aliphatic heterocycles. The van der Waals surface area contributed by atoms with E-state index in [1.807, 2.05) is 13.8 Å². The maximum Gasteiger partial charge on any atom is 0.446 e. The number of amides is 1. The van der Waals surface area contributed by atoms with Crippen LogP contribution < -0.4 is 0 Å². The predicted molar refractivity (Wildman–Crippen MR) is 68.8 cm³/mol. The van der Waals surface area contributed by atoms with E-state index in [2.05, 4.69) is 6.58 Å². The summed E-state index contributed by atoms with van der Waals surface area (Å²) in [5.74, 6) is -0.0626. The summed E-state index contributed by atoms with van der Waals surface area (Å²) in [6.07, 6.45) is 5.13. The molecule has 3 nitrogen and oxygen atoms in total. The summed E-state index contributed by atoms with van der Waals surface area (Å²) >= 11 is 0. The van der Waals surface area contributed by atoms with Gasteiger partial charge in [-0.1, -0.05) is 44.5 Å². The van der Waals surface area contributed by atoms with Gasteiger partial charge in [0, 0.05) is 5.92 Å². The van der Waals surface area contributed by atoms with Crippen molar-refractivity contribution < 1.29 is 9.82 Å². The van der Waals surface area contributed by atoms with E-state index in [1.165, 1.54) is 4.81 Å². The third kappa shape index (κ3) is 4.23. The van der Waals surface area contributed by atoms with Gasteiger partial charge in [0.1, 0.15) is 0 Å². The van der Waals surface area contributed by atoms with Crippen LogP contribution in [0.25, 0.3) is 0 Å². The summed E-state index contributed by atoms with van der Waals surface area (Å²) in [4.78, 5) is 13.3. The molecule has 90 valence electrons. The summed E-state index contributed by atoms with van der Waals surface area (Å²) in [7, 11) is 0.768. The molecular formula is C12H22BNO2. The topological polar surface area (TPSA) is 40.5 Å². The number of carbonyl (C=O) groups is 1. The minimum absolute atomic E-state index is 0.0221. The summed E-state index contributed by atoms with van der Waals surface area (Å²) in [5, 5.41) is 9.89. The molecule has 0 aliphatic carbocycles. The average Bonchev–Trinajstić information content (AvgIpc) is 2.26. The maximum absolute atomic E-state index is 11.9. The van der Waals surface area contributed by atoms with Gasteiger partial charge in [0.2, 0.25) is 5.91 Å². The van der Waals surface area contributed by atoms with Crippen LogP contribution in [0.2, 0.25) is 0 Å². The van der Waals surface area contributed by atoms with Crippen molar-refractivity contribution in [2.24, 2.45) is 5.92 Å². The molecule has 1 amide bonds. The fraction of sp³-hybridized carbons (Fsp3) is 0.583. The van der Waals surface area contributed by atoms with E-state index in [0.29, 0.717) is 0 Å². The van der Waals surface area contributed by atoms with Gasteiger partial charge in [0.25, 0.3) is 0 Å². The molecule has 0 aromatic carbocycles. The van der Waals surface area contributed by atoms with Crippen molar-refractivity contribution in [3.8, 4) is 0 Å². The van der Waals surface area contributed by atoms with Gasteiger partial charge >= 0.3 is 7.05 Å². The molecular weight excluding hydrogens is 201 g/mol. The highest BCUT2D eigenvalue weighted by Gasteiger charge is 2.27. The van der Waals surface area contributed by atoms with Crippen molar-refractivity contribution in [2.45, 2.75) is 33.6 Å². The van der Waals surface area contributed by atoms with Crippen molar-refractivity contribution in [3.05, 3.63) is 24.2 Å². The lowest BCUT2D eigenvalue weighted by Crippen LogP contribution is -2.44. The lowest BCUT2D eigenvalue weighted by atomic mass is 9.71. The largest absolute Gasteiger partial charge is 0.446 e. The Labute approximate surface area is 99.0 Å². The number of allylic oxidation sites excluding steroid dienone is 3. The second kappa shape index (κ2) is 7.28. The quantitative estimate of drug-likeness (QED) is 0.552. The number of carbonyl (C=O) groups excluding carboxylic acids is 1. The Hall–Kier alpha value is -1.03. The van der Waals surface area contributed by atoms with Crippen LogP contribution in [0.5, 0.6) is 0 Å². The molecule has 1 unspecified atom stereocenters. The SMILES string of the molecule is C=C/C=C(\C)B(O)N(C)C(=O)C(C)CCC. The molecule has 4 heteroatoms. The van der Waals surface area contributed by atoms with Gasteiger partial charge < -0.3 is 9.83 Å². The fourth-order valence-electron chi connectivity index (χ4n) is 1.60. The first-order chi connectivity index (χ1) is 7.45. The van der Waals surface area contributed by atoms with Crippen molar-refractivity contribution in [2.75, 3.05) is 7.05 Å². The summed E-state index contributed by atoms with van der Waals surface area (Å²) < 4.78 is 0. The van der Waals surface area contributed by atoms with Crippen LogP contribution in [-0.2, 0) is 4.79 Å². The van der Waals surface area contributed by atoms with Crippen molar-refractivity contribution in [3.63, 3.8) is 0 Å². The normalized spacial score (nSPS) is 13.2. The third-order valence-electron chi connectivity index (χ3n) is 2.65. The lowest BCUT2D eigenvalue weighted by Gasteiger charge is -2.24. The van der Waals surface area contributed by atoms with E-state index < -0.39 is 7.05 Å². The van der Waals surface area contributed by atoms with Crippen LogP contribution in [0.15, 0.2) is 24.2 Å². The van der Waals surface area contributed by atoms with E-state index in [0.717, 1.165) is 18.3 Å². The molecule has 0 aliphatic rings. The molecule has 0 spiro atoms. The second-order valence-electron chi connectivity index (χ2n) is 4.16. The molecule has 0 saturated carbocycles. The molecule has 0 aromatic rings. The third-order valence-corrected chi connectivity index (χ3v) is 2.65. The monoisotopic (exact) mass is 223 g/mol. The molecule has 0 aromatic heterocycles. The lowest BCUT2D eigenvalue weighted by molar-refractivity contribution is -0.130. The number of hydrogen-bond donors (Lipinski definition) is 1. The molecule has 0 rings (SSSR count). The maximum atomic E-state index is 11.9. The molecule has 0 radical (unpaired) electrons. The highest BCUT2D eigenvalue weighted by atomic mass is 16.2.